The maximum Gasteiger partial charge on any atom is 0.337 e. The van der Waals surface area contributed by atoms with E-state index in [0.29, 0.717) is 17.7 Å². The standard InChI is InChI=1S/C13H13NO3/c1-3-4-8-11(15)14-12-9(2)6-5-7-10(12)13(16)17/h1,5-7H,4,8H2,2H3,(H,14,15)(H,16,17). The van der Waals surface area contributed by atoms with Crippen LogP contribution in [0.2, 0.25) is 0 Å². The van der Waals surface area contributed by atoms with Crippen LogP contribution in [-0.2, 0) is 4.79 Å². The monoisotopic (exact) mass is 231 g/mol. The summed E-state index contributed by atoms with van der Waals surface area (Å²) in [6.45, 7) is 1.74. The van der Waals surface area contributed by atoms with Gasteiger partial charge in [0, 0.05) is 12.8 Å². The number of aromatic carboxylic acids is 1. The van der Waals surface area contributed by atoms with Crippen LogP contribution in [0.1, 0.15) is 28.8 Å². The van der Waals surface area contributed by atoms with Gasteiger partial charge < -0.3 is 10.4 Å². The molecule has 0 aliphatic rings. The number of para-hydroxylation sites is 1. The highest BCUT2D eigenvalue weighted by Crippen LogP contribution is 2.20. The van der Waals surface area contributed by atoms with E-state index in [4.69, 9.17) is 11.5 Å². The number of amides is 1. The molecule has 2 N–H and O–H groups in total. The minimum atomic E-state index is -1.07. The lowest BCUT2D eigenvalue weighted by Crippen LogP contribution is -2.15. The third-order valence-corrected chi connectivity index (χ3v) is 2.26. The summed E-state index contributed by atoms with van der Waals surface area (Å²) in [5.74, 6) is 1.01. The molecule has 0 atom stereocenters. The van der Waals surface area contributed by atoms with Gasteiger partial charge in [0.1, 0.15) is 0 Å². The molecule has 0 heterocycles. The molecule has 17 heavy (non-hydrogen) atoms. The highest BCUT2D eigenvalue weighted by Gasteiger charge is 2.13. The number of carboxylic acid groups (broad SMARTS) is 1. The number of carbonyl (C=O) groups excluding carboxylic acids is 1. The molecular formula is C13H13NO3. The number of nitrogens with one attached hydrogen (secondary N) is 1. The van der Waals surface area contributed by atoms with Gasteiger partial charge in [0.05, 0.1) is 11.3 Å². The summed E-state index contributed by atoms with van der Waals surface area (Å²) in [5.41, 5.74) is 1.13. The van der Waals surface area contributed by atoms with Gasteiger partial charge in [-0.2, -0.15) is 0 Å². The Labute approximate surface area is 99.7 Å². The molecule has 0 saturated carbocycles. The number of anilines is 1. The SMILES string of the molecule is C#CCCC(=O)Nc1c(C)cccc1C(=O)O. The smallest absolute Gasteiger partial charge is 0.337 e. The Hall–Kier alpha value is -2.28. The first-order valence-electron chi connectivity index (χ1n) is 5.12. The first-order chi connectivity index (χ1) is 8.06. The Morgan fingerprint density at radius 3 is 2.76 bits per heavy atom. The Morgan fingerprint density at radius 1 is 1.47 bits per heavy atom. The summed E-state index contributed by atoms with van der Waals surface area (Å²) in [6, 6.07) is 4.82. The fraction of sp³-hybridized carbons (Fsp3) is 0.231. The predicted molar refractivity (Wildman–Crippen MR) is 64.8 cm³/mol. The first kappa shape index (κ1) is 12.8. The number of aryl methyl sites for hydroxylation is 1. The average Bonchev–Trinajstić information content (AvgIpc) is 2.28. The van der Waals surface area contributed by atoms with E-state index in [1.54, 1.807) is 19.1 Å². The van der Waals surface area contributed by atoms with Crippen molar-refractivity contribution in [2.24, 2.45) is 0 Å². The van der Waals surface area contributed by atoms with Crippen molar-refractivity contribution >= 4 is 17.6 Å². The van der Waals surface area contributed by atoms with Crippen LogP contribution in [0.3, 0.4) is 0 Å². The average molecular weight is 231 g/mol. The van der Waals surface area contributed by atoms with Gasteiger partial charge in [0.15, 0.2) is 0 Å². The van der Waals surface area contributed by atoms with E-state index in [9.17, 15) is 9.59 Å². The maximum atomic E-state index is 11.5. The minimum Gasteiger partial charge on any atom is -0.478 e. The fourth-order valence-electron chi connectivity index (χ4n) is 1.40. The van der Waals surface area contributed by atoms with Crippen LogP contribution < -0.4 is 5.32 Å². The number of hydrogen-bond donors (Lipinski definition) is 2. The molecule has 0 unspecified atom stereocenters. The van der Waals surface area contributed by atoms with Gasteiger partial charge in [0.2, 0.25) is 5.91 Å². The van der Waals surface area contributed by atoms with Crippen LogP contribution in [0, 0.1) is 19.3 Å². The second-order valence-corrected chi connectivity index (χ2v) is 3.55. The quantitative estimate of drug-likeness (QED) is 0.779. The summed E-state index contributed by atoms with van der Waals surface area (Å²) < 4.78 is 0. The van der Waals surface area contributed by atoms with E-state index in [2.05, 4.69) is 11.2 Å². The van der Waals surface area contributed by atoms with Gasteiger partial charge in [0.25, 0.3) is 0 Å². The van der Waals surface area contributed by atoms with Gasteiger partial charge in [-0.05, 0) is 18.6 Å². The molecule has 0 radical (unpaired) electrons. The van der Waals surface area contributed by atoms with E-state index >= 15 is 0 Å². The summed E-state index contributed by atoms with van der Waals surface area (Å²) in [7, 11) is 0. The highest BCUT2D eigenvalue weighted by molar-refractivity contribution is 6.01. The molecule has 4 nitrogen and oxygen atoms in total. The van der Waals surface area contributed by atoms with Crippen molar-refractivity contribution in [3.63, 3.8) is 0 Å². The third kappa shape index (κ3) is 3.35. The van der Waals surface area contributed by atoms with E-state index in [-0.39, 0.29) is 17.9 Å². The van der Waals surface area contributed by atoms with Crippen molar-refractivity contribution in [2.75, 3.05) is 5.32 Å². The van der Waals surface area contributed by atoms with Crippen LogP contribution in [0.4, 0.5) is 5.69 Å². The number of rotatable bonds is 4. The van der Waals surface area contributed by atoms with E-state index < -0.39 is 5.97 Å². The molecule has 88 valence electrons. The Bertz CT molecular complexity index is 486. The second kappa shape index (κ2) is 5.71. The molecule has 4 heteroatoms. The number of carboxylic acids is 1. The predicted octanol–water partition coefficient (Wildman–Crippen LogP) is 2.05. The van der Waals surface area contributed by atoms with Gasteiger partial charge in [-0.3, -0.25) is 4.79 Å². The highest BCUT2D eigenvalue weighted by atomic mass is 16.4. The zero-order valence-electron chi connectivity index (χ0n) is 9.49. The molecule has 0 saturated heterocycles. The fourth-order valence-corrected chi connectivity index (χ4v) is 1.40. The number of benzene rings is 1. The summed E-state index contributed by atoms with van der Waals surface area (Å²) >= 11 is 0. The first-order valence-corrected chi connectivity index (χ1v) is 5.12. The van der Waals surface area contributed by atoms with E-state index in [0.717, 1.165) is 0 Å². The zero-order valence-corrected chi connectivity index (χ0v) is 9.49. The number of hydrogen-bond acceptors (Lipinski definition) is 2. The second-order valence-electron chi connectivity index (χ2n) is 3.55. The van der Waals surface area contributed by atoms with E-state index in [1.165, 1.54) is 6.07 Å². The Morgan fingerprint density at radius 2 is 2.18 bits per heavy atom. The van der Waals surface area contributed by atoms with Gasteiger partial charge in [-0.25, -0.2) is 4.79 Å². The normalized spacial score (nSPS) is 9.41. The van der Waals surface area contributed by atoms with Gasteiger partial charge in [-0.1, -0.05) is 12.1 Å². The molecule has 1 amide bonds. The molecule has 0 aliphatic carbocycles. The minimum absolute atomic E-state index is 0.0825. The number of carbonyl (C=O) groups is 2. The molecular weight excluding hydrogens is 218 g/mol. The summed E-state index contributed by atoms with van der Waals surface area (Å²) in [4.78, 5) is 22.5. The Balaban J connectivity index is 2.94. The molecule has 0 bridgehead atoms. The van der Waals surface area contributed by atoms with Crippen molar-refractivity contribution in [1.29, 1.82) is 0 Å². The lowest BCUT2D eigenvalue weighted by Gasteiger charge is -2.10. The van der Waals surface area contributed by atoms with Crippen molar-refractivity contribution in [3.05, 3.63) is 29.3 Å². The third-order valence-electron chi connectivity index (χ3n) is 2.26. The molecule has 1 aromatic carbocycles. The van der Waals surface area contributed by atoms with Crippen molar-refractivity contribution in [2.45, 2.75) is 19.8 Å². The van der Waals surface area contributed by atoms with Gasteiger partial charge in [-0.15, -0.1) is 12.3 Å². The molecule has 0 aliphatic heterocycles. The molecule has 0 fully saturated rings. The van der Waals surface area contributed by atoms with Gasteiger partial charge >= 0.3 is 5.97 Å². The van der Waals surface area contributed by atoms with Crippen LogP contribution in [0.5, 0.6) is 0 Å². The summed E-state index contributed by atoms with van der Waals surface area (Å²) in [6.07, 6.45) is 5.57. The molecule has 0 spiro atoms. The molecule has 0 aromatic heterocycles. The van der Waals surface area contributed by atoms with E-state index in [1.807, 2.05) is 0 Å². The van der Waals surface area contributed by atoms with Crippen LogP contribution >= 0.6 is 0 Å². The molecule has 1 rings (SSSR count). The van der Waals surface area contributed by atoms with Crippen LogP contribution in [-0.4, -0.2) is 17.0 Å². The lowest BCUT2D eigenvalue weighted by atomic mass is 10.1. The number of terminal acetylenes is 1. The van der Waals surface area contributed by atoms with Crippen LogP contribution in [0.15, 0.2) is 18.2 Å². The van der Waals surface area contributed by atoms with Crippen molar-refractivity contribution in [1.82, 2.24) is 0 Å². The lowest BCUT2D eigenvalue weighted by molar-refractivity contribution is -0.116. The van der Waals surface area contributed by atoms with Crippen LogP contribution in [0.25, 0.3) is 0 Å². The largest absolute Gasteiger partial charge is 0.478 e. The summed E-state index contributed by atoms with van der Waals surface area (Å²) in [5, 5.41) is 11.6. The van der Waals surface area contributed by atoms with Crippen molar-refractivity contribution < 1.29 is 14.7 Å². The maximum absolute atomic E-state index is 11.5. The van der Waals surface area contributed by atoms with Crippen molar-refractivity contribution in [3.8, 4) is 12.3 Å². The Kier molecular flexibility index (Phi) is 4.29. The topological polar surface area (TPSA) is 66.4 Å². The zero-order chi connectivity index (χ0) is 12.8. The molecule has 1 aromatic rings.